The molecule has 1 aromatic carbocycles. The van der Waals surface area contributed by atoms with Gasteiger partial charge in [-0.15, -0.1) is 0 Å². The Morgan fingerprint density at radius 2 is 2.47 bits per heavy atom. The lowest BCUT2D eigenvalue weighted by molar-refractivity contribution is 0.0770. The molecule has 1 aromatic heterocycles. The minimum absolute atomic E-state index is 0.435. The first-order valence-corrected chi connectivity index (χ1v) is 6.04. The molecular formula is C13H17N3O. The van der Waals surface area contributed by atoms with Crippen LogP contribution in [0.3, 0.4) is 0 Å². The van der Waals surface area contributed by atoms with E-state index in [1.54, 1.807) is 0 Å². The SMILES string of the molecule is Cn1cnc2cc(CC3COCCN3)ccc21. The Labute approximate surface area is 101 Å². The zero-order valence-electron chi connectivity index (χ0n) is 10.0. The van der Waals surface area contributed by atoms with Crippen LogP contribution in [-0.4, -0.2) is 35.4 Å². The van der Waals surface area contributed by atoms with E-state index in [4.69, 9.17) is 4.74 Å². The van der Waals surface area contributed by atoms with Crippen molar-refractivity contribution in [1.82, 2.24) is 14.9 Å². The Hall–Kier alpha value is -1.39. The van der Waals surface area contributed by atoms with E-state index < -0.39 is 0 Å². The van der Waals surface area contributed by atoms with E-state index in [-0.39, 0.29) is 0 Å². The normalized spacial score (nSPS) is 20.9. The van der Waals surface area contributed by atoms with Crippen molar-refractivity contribution in [3.8, 4) is 0 Å². The molecule has 17 heavy (non-hydrogen) atoms. The summed E-state index contributed by atoms with van der Waals surface area (Å²) in [5.41, 5.74) is 3.57. The van der Waals surface area contributed by atoms with E-state index in [1.807, 2.05) is 17.9 Å². The van der Waals surface area contributed by atoms with E-state index >= 15 is 0 Å². The summed E-state index contributed by atoms with van der Waals surface area (Å²) >= 11 is 0. The van der Waals surface area contributed by atoms with Crippen molar-refractivity contribution in [3.05, 3.63) is 30.1 Å². The Kier molecular flexibility index (Phi) is 2.82. The van der Waals surface area contributed by atoms with Crippen molar-refractivity contribution in [3.63, 3.8) is 0 Å². The molecule has 1 fully saturated rings. The van der Waals surface area contributed by atoms with Gasteiger partial charge in [0, 0.05) is 19.6 Å². The number of nitrogens with one attached hydrogen (secondary N) is 1. The number of aryl methyl sites for hydroxylation is 1. The summed E-state index contributed by atoms with van der Waals surface area (Å²) in [6, 6.07) is 6.93. The molecule has 0 aliphatic carbocycles. The minimum Gasteiger partial charge on any atom is -0.379 e. The molecule has 3 rings (SSSR count). The third-order valence-corrected chi connectivity index (χ3v) is 3.27. The van der Waals surface area contributed by atoms with Crippen LogP contribution >= 0.6 is 0 Å². The molecule has 1 atom stereocenters. The molecule has 2 heterocycles. The second-order valence-electron chi connectivity index (χ2n) is 4.61. The van der Waals surface area contributed by atoms with Crippen molar-refractivity contribution in [1.29, 1.82) is 0 Å². The van der Waals surface area contributed by atoms with E-state index in [9.17, 15) is 0 Å². The van der Waals surface area contributed by atoms with Crippen LogP contribution in [0, 0.1) is 0 Å². The quantitative estimate of drug-likeness (QED) is 0.841. The molecular weight excluding hydrogens is 214 g/mol. The lowest BCUT2D eigenvalue weighted by atomic mass is 10.1. The van der Waals surface area contributed by atoms with E-state index in [0.717, 1.165) is 31.7 Å². The summed E-state index contributed by atoms with van der Waals surface area (Å²) in [7, 11) is 2.02. The summed E-state index contributed by atoms with van der Waals surface area (Å²) < 4.78 is 7.51. The maximum absolute atomic E-state index is 5.46. The zero-order chi connectivity index (χ0) is 11.7. The number of benzene rings is 1. The highest BCUT2D eigenvalue weighted by Crippen LogP contribution is 2.15. The summed E-state index contributed by atoms with van der Waals surface area (Å²) in [6.07, 6.45) is 2.86. The molecule has 90 valence electrons. The van der Waals surface area contributed by atoms with Crippen LogP contribution in [0.5, 0.6) is 0 Å². The molecule has 4 nitrogen and oxygen atoms in total. The van der Waals surface area contributed by atoms with E-state index in [1.165, 1.54) is 11.1 Å². The first-order valence-electron chi connectivity index (χ1n) is 6.04. The Morgan fingerprint density at radius 1 is 1.53 bits per heavy atom. The number of imidazole rings is 1. The third kappa shape index (κ3) is 2.18. The van der Waals surface area contributed by atoms with Gasteiger partial charge in [-0.2, -0.15) is 0 Å². The van der Waals surface area contributed by atoms with Gasteiger partial charge >= 0.3 is 0 Å². The van der Waals surface area contributed by atoms with E-state index in [0.29, 0.717) is 6.04 Å². The average molecular weight is 231 g/mol. The van der Waals surface area contributed by atoms with Crippen LogP contribution in [0.1, 0.15) is 5.56 Å². The number of nitrogens with zero attached hydrogens (tertiary/aromatic N) is 2. The van der Waals surface area contributed by atoms with Gasteiger partial charge in [0.15, 0.2) is 0 Å². The van der Waals surface area contributed by atoms with Gasteiger partial charge in [0.1, 0.15) is 0 Å². The second kappa shape index (κ2) is 4.47. The summed E-state index contributed by atoms with van der Waals surface area (Å²) in [4.78, 5) is 4.38. The van der Waals surface area contributed by atoms with Gasteiger partial charge in [-0.1, -0.05) is 6.07 Å². The van der Waals surface area contributed by atoms with Crippen molar-refractivity contribution >= 4 is 11.0 Å². The average Bonchev–Trinajstić information content (AvgIpc) is 2.72. The van der Waals surface area contributed by atoms with Crippen molar-refractivity contribution < 1.29 is 4.74 Å². The molecule has 1 N–H and O–H groups in total. The molecule has 0 bridgehead atoms. The highest BCUT2D eigenvalue weighted by Gasteiger charge is 2.13. The van der Waals surface area contributed by atoms with Gasteiger partial charge in [0.25, 0.3) is 0 Å². The lowest BCUT2D eigenvalue weighted by Gasteiger charge is -2.23. The van der Waals surface area contributed by atoms with Crippen LogP contribution in [0.15, 0.2) is 24.5 Å². The zero-order valence-corrected chi connectivity index (χ0v) is 10.0. The molecule has 1 saturated heterocycles. The topological polar surface area (TPSA) is 39.1 Å². The largest absolute Gasteiger partial charge is 0.379 e. The third-order valence-electron chi connectivity index (χ3n) is 3.27. The molecule has 2 aromatic rings. The highest BCUT2D eigenvalue weighted by molar-refractivity contribution is 5.75. The number of ether oxygens (including phenoxy) is 1. The summed E-state index contributed by atoms with van der Waals surface area (Å²) in [6.45, 7) is 2.59. The number of hydrogen-bond acceptors (Lipinski definition) is 3. The smallest absolute Gasteiger partial charge is 0.0955 e. The van der Waals surface area contributed by atoms with Crippen molar-refractivity contribution in [2.45, 2.75) is 12.5 Å². The molecule has 0 saturated carbocycles. The number of morpholine rings is 1. The Morgan fingerprint density at radius 3 is 3.29 bits per heavy atom. The van der Waals surface area contributed by atoms with Crippen LogP contribution in [0.2, 0.25) is 0 Å². The summed E-state index contributed by atoms with van der Waals surface area (Å²) in [5.74, 6) is 0. The highest BCUT2D eigenvalue weighted by atomic mass is 16.5. The van der Waals surface area contributed by atoms with Gasteiger partial charge < -0.3 is 14.6 Å². The van der Waals surface area contributed by atoms with Gasteiger partial charge in [-0.05, 0) is 24.1 Å². The van der Waals surface area contributed by atoms with Crippen molar-refractivity contribution in [2.75, 3.05) is 19.8 Å². The molecule has 1 aliphatic rings. The van der Waals surface area contributed by atoms with Gasteiger partial charge in [0.05, 0.1) is 30.6 Å². The maximum atomic E-state index is 5.46. The molecule has 0 spiro atoms. The van der Waals surface area contributed by atoms with Crippen molar-refractivity contribution in [2.24, 2.45) is 7.05 Å². The fourth-order valence-corrected chi connectivity index (χ4v) is 2.34. The summed E-state index contributed by atoms with van der Waals surface area (Å²) in [5, 5.41) is 3.47. The number of rotatable bonds is 2. The number of hydrogen-bond donors (Lipinski definition) is 1. The van der Waals surface area contributed by atoms with Gasteiger partial charge in [0.2, 0.25) is 0 Å². The second-order valence-corrected chi connectivity index (χ2v) is 4.61. The minimum atomic E-state index is 0.435. The first-order chi connectivity index (χ1) is 8.33. The lowest BCUT2D eigenvalue weighted by Crippen LogP contribution is -2.42. The molecule has 0 amide bonds. The number of aromatic nitrogens is 2. The van der Waals surface area contributed by atoms with Crippen LogP contribution < -0.4 is 5.32 Å². The predicted molar refractivity (Wildman–Crippen MR) is 67.0 cm³/mol. The molecule has 1 aliphatic heterocycles. The van der Waals surface area contributed by atoms with Crippen LogP contribution in [0.4, 0.5) is 0 Å². The molecule has 0 radical (unpaired) electrons. The van der Waals surface area contributed by atoms with E-state index in [2.05, 4.69) is 28.5 Å². The fraction of sp³-hybridized carbons (Fsp3) is 0.462. The first kappa shape index (κ1) is 10.7. The monoisotopic (exact) mass is 231 g/mol. The number of fused-ring (bicyclic) bond motifs is 1. The Balaban J connectivity index is 1.80. The van der Waals surface area contributed by atoms with Crippen LogP contribution in [-0.2, 0) is 18.2 Å². The fourth-order valence-electron chi connectivity index (χ4n) is 2.34. The molecule has 1 unspecified atom stereocenters. The standard InChI is InChI=1S/C13H17N3O/c1-16-9-15-12-7-10(2-3-13(12)16)6-11-8-17-5-4-14-11/h2-3,7,9,11,14H,4-6,8H2,1H3. The van der Waals surface area contributed by atoms with Gasteiger partial charge in [-0.25, -0.2) is 4.98 Å². The Bertz CT molecular complexity index is 514. The predicted octanol–water partition coefficient (Wildman–Crippen LogP) is 1.10. The van der Waals surface area contributed by atoms with Gasteiger partial charge in [-0.3, -0.25) is 0 Å². The molecule has 4 heteroatoms. The van der Waals surface area contributed by atoms with Crippen LogP contribution in [0.25, 0.3) is 11.0 Å². The maximum Gasteiger partial charge on any atom is 0.0955 e.